The van der Waals surface area contributed by atoms with E-state index in [4.69, 9.17) is 4.74 Å². The van der Waals surface area contributed by atoms with Crippen LogP contribution in [0.4, 0.5) is 0 Å². The third-order valence-corrected chi connectivity index (χ3v) is 3.63. The van der Waals surface area contributed by atoms with Gasteiger partial charge in [0, 0.05) is 6.61 Å². The highest BCUT2D eigenvalue weighted by molar-refractivity contribution is 5.03. The van der Waals surface area contributed by atoms with Crippen molar-refractivity contribution in [1.82, 2.24) is 5.32 Å². The van der Waals surface area contributed by atoms with Gasteiger partial charge in [-0.1, -0.05) is 0 Å². The Bertz CT molecular complexity index is 169. The van der Waals surface area contributed by atoms with Crippen LogP contribution in [0.25, 0.3) is 0 Å². The predicted octanol–water partition coefficient (Wildman–Crippen LogP) is 0.878. The highest BCUT2D eigenvalue weighted by Crippen LogP contribution is 2.48. The molecule has 0 spiro atoms. The van der Waals surface area contributed by atoms with Crippen molar-refractivity contribution in [2.45, 2.75) is 12.8 Å². The first-order valence-corrected chi connectivity index (χ1v) is 5.23. The minimum atomic E-state index is 0.921. The van der Waals surface area contributed by atoms with Gasteiger partial charge in [-0.25, -0.2) is 0 Å². The van der Waals surface area contributed by atoms with Crippen LogP contribution < -0.4 is 5.32 Å². The Morgan fingerprint density at radius 2 is 1.83 bits per heavy atom. The number of nitrogens with one attached hydrogen (secondary N) is 1. The number of hydrogen-bond donors (Lipinski definition) is 1. The van der Waals surface area contributed by atoms with Gasteiger partial charge in [0.25, 0.3) is 0 Å². The number of fused-ring (bicyclic) bond motifs is 1. The van der Waals surface area contributed by atoms with Gasteiger partial charge < -0.3 is 10.1 Å². The second-order valence-corrected chi connectivity index (χ2v) is 4.63. The lowest BCUT2D eigenvalue weighted by atomic mass is 10.3. The van der Waals surface area contributed by atoms with Crippen LogP contribution in [0.3, 0.4) is 0 Å². The van der Waals surface area contributed by atoms with Crippen molar-refractivity contribution in [2.24, 2.45) is 23.7 Å². The molecule has 2 aliphatic carbocycles. The van der Waals surface area contributed by atoms with Crippen LogP contribution in [0.2, 0.25) is 0 Å². The van der Waals surface area contributed by atoms with Crippen molar-refractivity contribution in [1.29, 1.82) is 0 Å². The normalized spacial score (nSPS) is 44.5. The predicted molar refractivity (Wildman–Crippen MR) is 46.9 cm³/mol. The highest BCUT2D eigenvalue weighted by atomic mass is 16.5. The van der Waals surface area contributed by atoms with E-state index in [1.165, 1.54) is 25.9 Å². The van der Waals surface area contributed by atoms with Crippen LogP contribution in [-0.4, -0.2) is 26.3 Å². The van der Waals surface area contributed by atoms with Crippen molar-refractivity contribution in [3.05, 3.63) is 0 Å². The number of rotatable bonds is 4. The Balaban J connectivity index is 1.35. The SMILES string of the molecule is C1CC1COCC1[C@H]2CNC[C@@H]12. The van der Waals surface area contributed by atoms with Crippen LogP contribution in [0.5, 0.6) is 0 Å². The lowest BCUT2D eigenvalue weighted by Crippen LogP contribution is -2.17. The molecule has 0 radical (unpaired) electrons. The van der Waals surface area contributed by atoms with E-state index in [0.717, 1.165) is 36.9 Å². The summed E-state index contributed by atoms with van der Waals surface area (Å²) < 4.78 is 5.69. The van der Waals surface area contributed by atoms with Gasteiger partial charge >= 0.3 is 0 Å². The van der Waals surface area contributed by atoms with Crippen molar-refractivity contribution in [3.63, 3.8) is 0 Å². The molecule has 1 saturated heterocycles. The molecule has 0 aromatic heterocycles. The molecule has 3 fully saturated rings. The van der Waals surface area contributed by atoms with Crippen LogP contribution in [0.15, 0.2) is 0 Å². The Morgan fingerprint density at radius 3 is 2.50 bits per heavy atom. The summed E-state index contributed by atoms with van der Waals surface area (Å²) in [5.41, 5.74) is 0. The molecule has 0 aromatic carbocycles. The maximum atomic E-state index is 5.69. The molecule has 0 amide bonds. The van der Waals surface area contributed by atoms with Crippen LogP contribution in [0, 0.1) is 23.7 Å². The summed E-state index contributed by atoms with van der Waals surface area (Å²) in [6, 6.07) is 0. The zero-order valence-electron chi connectivity index (χ0n) is 7.46. The van der Waals surface area contributed by atoms with E-state index in [1.54, 1.807) is 0 Å². The Hall–Kier alpha value is -0.0800. The van der Waals surface area contributed by atoms with E-state index < -0.39 is 0 Å². The van der Waals surface area contributed by atoms with Crippen molar-refractivity contribution >= 4 is 0 Å². The summed E-state index contributed by atoms with van der Waals surface area (Å²) in [4.78, 5) is 0. The maximum absolute atomic E-state index is 5.69. The zero-order chi connectivity index (χ0) is 7.97. The van der Waals surface area contributed by atoms with Gasteiger partial charge in [0.1, 0.15) is 0 Å². The molecule has 0 aromatic rings. The lowest BCUT2D eigenvalue weighted by Gasteiger charge is -2.04. The fraction of sp³-hybridized carbons (Fsp3) is 1.00. The van der Waals surface area contributed by atoms with Gasteiger partial charge in [0.2, 0.25) is 0 Å². The van der Waals surface area contributed by atoms with Gasteiger partial charge in [0.05, 0.1) is 6.61 Å². The topological polar surface area (TPSA) is 21.3 Å². The fourth-order valence-corrected chi connectivity index (χ4v) is 2.45. The summed E-state index contributed by atoms with van der Waals surface area (Å²) in [5, 5.41) is 3.41. The summed E-state index contributed by atoms with van der Waals surface area (Å²) in [7, 11) is 0. The molecule has 1 aliphatic heterocycles. The Labute approximate surface area is 73.7 Å². The van der Waals surface area contributed by atoms with E-state index in [1.807, 2.05) is 0 Å². The molecule has 1 N–H and O–H groups in total. The van der Waals surface area contributed by atoms with Gasteiger partial charge in [-0.3, -0.25) is 0 Å². The van der Waals surface area contributed by atoms with E-state index in [-0.39, 0.29) is 0 Å². The first kappa shape index (κ1) is 7.34. The van der Waals surface area contributed by atoms with Crippen molar-refractivity contribution < 1.29 is 4.74 Å². The molecule has 1 heterocycles. The molecule has 3 aliphatic rings. The van der Waals surface area contributed by atoms with Gasteiger partial charge in [-0.2, -0.15) is 0 Å². The van der Waals surface area contributed by atoms with E-state index >= 15 is 0 Å². The van der Waals surface area contributed by atoms with Gasteiger partial charge in [0.15, 0.2) is 0 Å². The summed E-state index contributed by atoms with van der Waals surface area (Å²) in [5.74, 6) is 3.81. The fourth-order valence-electron chi connectivity index (χ4n) is 2.45. The monoisotopic (exact) mass is 167 g/mol. The average molecular weight is 167 g/mol. The lowest BCUT2D eigenvalue weighted by molar-refractivity contribution is 0.107. The molecule has 68 valence electrons. The Kier molecular flexibility index (Phi) is 1.66. The second kappa shape index (κ2) is 2.71. The standard InChI is InChI=1S/C10H17NO/c1-2-7(1)5-12-6-10-8-3-11-4-9(8)10/h7-11H,1-6H2/t8-,9+,10?. The van der Waals surface area contributed by atoms with E-state index in [9.17, 15) is 0 Å². The summed E-state index contributed by atoms with van der Waals surface area (Å²) in [6.45, 7) is 4.60. The summed E-state index contributed by atoms with van der Waals surface area (Å²) >= 11 is 0. The number of piperidine rings is 1. The quantitative estimate of drug-likeness (QED) is 0.671. The minimum Gasteiger partial charge on any atom is -0.381 e. The van der Waals surface area contributed by atoms with E-state index in [2.05, 4.69) is 5.32 Å². The maximum Gasteiger partial charge on any atom is 0.0500 e. The molecule has 2 nitrogen and oxygen atoms in total. The minimum absolute atomic E-state index is 0.921. The molecule has 3 rings (SSSR count). The molecule has 2 saturated carbocycles. The first-order chi connectivity index (χ1) is 5.95. The smallest absolute Gasteiger partial charge is 0.0500 e. The number of hydrogen-bond acceptors (Lipinski definition) is 2. The van der Waals surface area contributed by atoms with Gasteiger partial charge in [-0.05, 0) is 49.6 Å². The van der Waals surface area contributed by atoms with Crippen LogP contribution >= 0.6 is 0 Å². The molecule has 1 unspecified atom stereocenters. The third kappa shape index (κ3) is 1.27. The molecule has 2 heteroatoms. The average Bonchev–Trinajstić information content (AvgIpc) is 2.96. The molecular formula is C10H17NO. The second-order valence-electron chi connectivity index (χ2n) is 4.63. The molecular weight excluding hydrogens is 150 g/mol. The van der Waals surface area contributed by atoms with Gasteiger partial charge in [-0.15, -0.1) is 0 Å². The molecule has 3 atom stereocenters. The molecule has 12 heavy (non-hydrogen) atoms. The number of ether oxygens (including phenoxy) is 1. The van der Waals surface area contributed by atoms with Crippen LogP contribution in [0.1, 0.15) is 12.8 Å². The third-order valence-electron chi connectivity index (χ3n) is 3.63. The van der Waals surface area contributed by atoms with Crippen molar-refractivity contribution in [3.8, 4) is 0 Å². The largest absolute Gasteiger partial charge is 0.381 e. The van der Waals surface area contributed by atoms with Crippen LogP contribution in [-0.2, 0) is 4.74 Å². The molecule has 0 bridgehead atoms. The Morgan fingerprint density at radius 1 is 1.08 bits per heavy atom. The first-order valence-electron chi connectivity index (χ1n) is 5.23. The van der Waals surface area contributed by atoms with Crippen molar-refractivity contribution in [2.75, 3.05) is 26.3 Å². The highest BCUT2D eigenvalue weighted by Gasteiger charge is 2.52. The summed E-state index contributed by atoms with van der Waals surface area (Å²) in [6.07, 6.45) is 2.83. The zero-order valence-corrected chi connectivity index (χ0v) is 7.46. The van der Waals surface area contributed by atoms with E-state index in [0.29, 0.717) is 0 Å².